The molecule has 3 N–H and O–H groups in total. The lowest BCUT2D eigenvalue weighted by Crippen LogP contribution is -2.26. The van der Waals surface area contributed by atoms with Gasteiger partial charge in [-0.05, 0) is 13.0 Å². The molecule has 0 aliphatic heterocycles. The van der Waals surface area contributed by atoms with Crippen molar-refractivity contribution in [3.05, 3.63) is 45.4 Å². The van der Waals surface area contributed by atoms with Gasteiger partial charge in [0.05, 0.1) is 16.3 Å². The minimum atomic E-state index is -1.10. The van der Waals surface area contributed by atoms with E-state index in [4.69, 9.17) is 5.73 Å². The SMILES string of the molecule is Cc1nc(CCNC(=O)c2cc(F)c(F)cc2N)cs1. The highest BCUT2D eigenvalue weighted by atomic mass is 32.1. The normalized spacial score (nSPS) is 10.6. The number of nitrogens with one attached hydrogen (secondary N) is 1. The number of hydrogen-bond donors (Lipinski definition) is 2. The van der Waals surface area contributed by atoms with E-state index < -0.39 is 17.5 Å². The number of aryl methyl sites for hydroxylation is 1. The number of thiazole rings is 1. The highest BCUT2D eigenvalue weighted by Crippen LogP contribution is 2.17. The maximum absolute atomic E-state index is 13.1. The fourth-order valence-corrected chi connectivity index (χ4v) is 2.33. The van der Waals surface area contributed by atoms with Crippen molar-refractivity contribution in [2.45, 2.75) is 13.3 Å². The molecule has 4 nitrogen and oxygen atoms in total. The number of benzene rings is 1. The molecule has 0 aliphatic carbocycles. The molecule has 0 saturated carbocycles. The van der Waals surface area contributed by atoms with Crippen LogP contribution >= 0.6 is 11.3 Å². The van der Waals surface area contributed by atoms with Crippen LogP contribution in [0.3, 0.4) is 0 Å². The third kappa shape index (κ3) is 3.30. The van der Waals surface area contributed by atoms with Gasteiger partial charge < -0.3 is 11.1 Å². The van der Waals surface area contributed by atoms with Gasteiger partial charge in [0, 0.05) is 30.1 Å². The molecule has 7 heteroatoms. The monoisotopic (exact) mass is 297 g/mol. The summed E-state index contributed by atoms with van der Waals surface area (Å²) in [5, 5.41) is 5.47. The molecule has 0 radical (unpaired) electrons. The van der Waals surface area contributed by atoms with Gasteiger partial charge in [-0.2, -0.15) is 0 Å². The Morgan fingerprint density at radius 2 is 2.10 bits per heavy atom. The van der Waals surface area contributed by atoms with Gasteiger partial charge in [-0.3, -0.25) is 4.79 Å². The molecule has 0 spiro atoms. The summed E-state index contributed by atoms with van der Waals surface area (Å²) in [6.07, 6.45) is 0.569. The first kappa shape index (κ1) is 14.4. The summed E-state index contributed by atoms with van der Waals surface area (Å²) >= 11 is 1.53. The third-order valence-corrected chi connectivity index (χ3v) is 3.49. The molecule has 0 unspecified atom stereocenters. The molecule has 1 heterocycles. The van der Waals surface area contributed by atoms with Crippen molar-refractivity contribution in [3.8, 4) is 0 Å². The number of nitrogens with two attached hydrogens (primary N) is 1. The first-order valence-electron chi connectivity index (χ1n) is 5.91. The van der Waals surface area contributed by atoms with Crippen LogP contribution in [0.4, 0.5) is 14.5 Å². The average Bonchev–Trinajstić information content (AvgIpc) is 2.79. The van der Waals surface area contributed by atoms with E-state index in [0.29, 0.717) is 13.0 Å². The third-order valence-electron chi connectivity index (χ3n) is 2.67. The van der Waals surface area contributed by atoms with Crippen LogP contribution in [0.1, 0.15) is 21.1 Å². The maximum atomic E-state index is 13.1. The second-order valence-corrected chi connectivity index (χ2v) is 5.28. The van der Waals surface area contributed by atoms with Gasteiger partial charge in [0.15, 0.2) is 11.6 Å². The van der Waals surface area contributed by atoms with E-state index in [0.717, 1.165) is 22.8 Å². The Bertz CT molecular complexity index is 643. The molecule has 1 amide bonds. The zero-order valence-electron chi connectivity index (χ0n) is 10.7. The molecular formula is C13H13F2N3OS. The van der Waals surface area contributed by atoms with Gasteiger partial charge in [0.2, 0.25) is 0 Å². The molecule has 0 fully saturated rings. The number of nitrogen functional groups attached to an aromatic ring is 1. The number of carbonyl (C=O) groups excluding carboxylic acids is 1. The minimum absolute atomic E-state index is 0.0710. The summed E-state index contributed by atoms with van der Waals surface area (Å²) in [4.78, 5) is 16.1. The number of anilines is 1. The molecule has 0 aliphatic rings. The number of aromatic nitrogens is 1. The molecule has 0 saturated heterocycles. The summed E-state index contributed by atoms with van der Waals surface area (Å²) in [6.45, 7) is 2.25. The number of hydrogen-bond acceptors (Lipinski definition) is 4. The summed E-state index contributed by atoms with van der Waals surface area (Å²) in [6, 6.07) is 1.60. The summed E-state index contributed by atoms with van der Waals surface area (Å²) < 4.78 is 26.0. The van der Waals surface area contributed by atoms with Crippen LogP contribution in [0.2, 0.25) is 0 Å². The molecule has 0 bridgehead atoms. The first-order chi connectivity index (χ1) is 9.47. The standard InChI is InChI=1S/C13H13F2N3OS/c1-7-18-8(6-20-7)2-3-17-13(19)9-4-10(14)11(15)5-12(9)16/h4-6H,2-3,16H2,1H3,(H,17,19). The fraction of sp³-hybridized carbons (Fsp3) is 0.231. The van der Waals surface area contributed by atoms with Crippen molar-refractivity contribution in [1.29, 1.82) is 0 Å². The Morgan fingerprint density at radius 3 is 2.75 bits per heavy atom. The Labute approximate surface area is 118 Å². The topological polar surface area (TPSA) is 68.0 Å². The second kappa shape index (κ2) is 5.96. The number of rotatable bonds is 4. The quantitative estimate of drug-likeness (QED) is 0.851. The van der Waals surface area contributed by atoms with Crippen LogP contribution < -0.4 is 11.1 Å². The van der Waals surface area contributed by atoms with Crippen molar-refractivity contribution < 1.29 is 13.6 Å². The predicted octanol–water partition coefficient (Wildman–Crippen LogP) is 2.28. The van der Waals surface area contributed by atoms with E-state index in [1.165, 1.54) is 11.3 Å². The van der Waals surface area contributed by atoms with Gasteiger partial charge >= 0.3 is 0 Å². The van der Waals surface area contributed by atoms with E-state index in [1.807, 2.05) is 12.3 Å². The Hall–Kier alpha value is -2.02. The van der Waals surface area contributed by atoms with E-state index >= 15 is 0 Å². The van der Waals surface area contributed by atoms with Crippen molar-refractivity contribution in [3.63, 3.8) is 0 Å². The van der Waals surface area contributed by atoms with Gasteiger partial charge in [-0.1, -0.05) is 0 Å². The summed E-state index contributed by atoms with van der Waals surface area (Å²) in [7, 11) is 0. The Balaban J connectivity index is 1.97. The van der Waals surface area contributed by atoms with Gasteiger partial charge in [0.1, 0.15) is 0 Å². The molecule has 2 aromatic rings. The summed E-state index contributed by atoms with van der Waals surface area (Å²) in [5.41, 5.74) is 6.22. The van der Waals surface area contributed by atoms with E-state index in [9.17, 15) is 13.6 Å². The molecule has 20 heavy (non-hydrogen) atoms. The molecule has 0 atom stereocenters. The highest BCUT2D eigenvalue weighted by molar-refractivity contribution is 7.09. The van der Waals surface area contributed by atoms with Crippen molar-refractivity contribution in [2.24, 2.45) is 0 Å². The lowest BCUT2D eigenvalue weighted by molar-refractivity contribution is 0.0954. The molecule has 2 rings (SSSR count). The van der Waals surface area contributed by atoms with Crippen LogP contribution in [-0.4, -0.2) is 17.4 Å². The largest absolute Gasteiger partial charge is 0.398 e. The zero-order chi connectivity index (χ0) is 14.7. The lowest BCUT2D eigenvalue weighted by Gasteiger charge is -2.07. The first-order valence-corrected chi connectivity index (χ1v) is 6.79. The number of carbonyl (C=O) groups is 1. The minimum Gasteiger partial charge on any atom is -0.398 e. The molecule has 1 aromatic heterocycles. The van der Waals surface area contributed by atoms with Crippen LogP contribution in [-0.2, 0) is 6.42 Å². The maximum Gasteiger partial charge on any atom is 0.253 e. The summed E-state index contributed by atoms with van der Waals surface area (Å²) in [5.74, 6) is -2.70. The second-order valence-electron chi connectivity index (χ2n) is 4.22. The van der Waals surface area contributed by atoms with Crippen molar-refractivity contribution in [2.75, 3.05) is 12.3 Å². The van der Waals surface area contributed by atoms with E-state index in [-0.39, 0.29) is 11.3 Å². The Morgan fingerprint density at radius 1 is 1.40 bits per heavy atom. The predicted molar refractivity (Wildman–Crippen MR) is 73.7 cm³/mol. The van der Waals surface area contributed by atoms with Crippen molar-refractivity contribution >= 4 is 22.9 Å². The molecular weight excluding hydrogens is 284 g/mol. The van der Waals surface area contributed by atoms with Gasteiger partial charge in [0.25, 0.3) is 5.91 Å². The van der Waals surface area contributed by atoms with Gasteiger partial charge in [-0.15, -0.1) is 11.3 Å². The fourth-order valence-electron chi connectivity index (χ4n) is 1.68. The highest BCUT2D eigenvalue weighted by Gasteiger charge is 2.14. The lowest BCUT2D eigenvalue weighted by atomic mass is 10.1. The number of amides is 1. The number of nitrogens with zero attached hydrogens (tertiary/aromatic N) is 1. The molecule has 1 aromatic carbocycles. The number of halogens is 2. The van der Waals surface area contributed by atoms with E-state index in [1.54, 1.807) is 0 Å². The smallest absolute Gasteiger partial charge is 0.253 e. The van der Waals surface area contributed by atoms with Crippen LogP contribution in [0, 0.1) is 18.6 Å². The Kier molecular flexibility index (Phi) is 4.29. The van der Waals surface area contributed by atoms with E-state index in [2.05, 4.69) is 10.3 Å². The van der Waals surface area contributed by atoms with Crippen LogP contribution in [0.15, 0.2) is 17.5 Å². The zero-order valence-corrected chi connectivity index (χ0v) is 11.6. The average molecular weight is 297 g/mol. The van der Waals surface area contributed by atoms with Crippen LogP contribution in [0.25, 0.3) is 0 Å². The van der Waals surface area contributed by atoms with Gasteiger partial charge in [-0.25, -0.2) is 13.8 Å². The van der Waals surface area contributed by atoms with Crippen molar-refractivity contribution in [1.82, 2.24) is 10.3 Å². The molecule has 106 valence electrons. The van der Waals surface area contributed by atoms with Crippen LogP contribution in [0.5, 0.6) is 0 Å².